The molecule has 0 aromatic carbocycles. The van der Waals surface area contributed by atoms with Crippen LogP contribution in [0.4, 0.5) is 0 Å². The zero-order valence-electron chi connectivity index (χ0n) is 9.81. The van der Waals surface area contributed by atoms with E-state index in [1.54, 1.807) is 0 Å². The summed E-state index contributed by atoms with van der Waals surface area (Å²) in [7, 11) is 4.02. The molecule has 0 aliphatic carbocycles. The first kappa shape index (κ1) is 12.7. The molecule has 0 fully saturated rings. The van der Waals surface area contributed by atoms with Crippen molar-refractivity contribution in [1.82, 2.24) is 15.1 Å². The van der Waals surface area contributed by atoms with Gasteiger partial charge in [0.25, 0.3) is 0 Å². The monoisotopic (exact) mass is 273 g/mol. The van der Waals surface area contributed by atoms with Gasteiger partial charge < -0.3 is 5.32 Å². The lowest BCUT2D eigenvalue weighted by atomic mass is 10.2. The summed E-state index contributed by atoms with van der Waals surface area (Å²) < 4.78 is 3.21. The molecule has 0 spiro atoms. The maximum atomic E-state index is 4.48. The van der Waals surface area contributed by atoms with Gasteiger partial charge >= 0.3 is 0 Å². The van der Waals surface area contributed by atoms with Gasteiger partial charge in [-0.25, -0.2) is 0 Å². The van der Waals surface area contributed by atoms with Gasteiger partial charge in [0.2, 0.25) is 0 Å². The highest BCUT2D eigenvalue weighted by Gasteiger charge is 2.11. The summed E-state index contributed by atoms with van der Waals surface area (Å²) in [6.07, 6.45) is 4.52. The van der Waals surface area contributed by atoms with Gasteiger partial charge in [-0.05, 0) is 55.2 Å². The van der Waals surface area contributed by atoms with E-state index in [4.69, 9.17) is 0 Å². The van der Waals surface area contributed by atoms with Gasteiger partial charge in [0.15, 0.2) is 0 Å². The summed E-state index contributed by atoms with van der Waals surface area (Å²) in [5.41, 5.74) is 2.49. The Morgan fingerprint density at radius 3 is 2.67 bits per heavy atom. The van der Waals surface area contributed by atoms with Gasteiger partial charge in [0.1, 0.15) is 0 Å². The van der Waals surface area contributed by atoms with E-state index in [1.165, 1.54) is 28.7 Å². The van der Waals surface area contributed by atoms with Crippen LogP contribution in [0.2, 0.25) is 0 Å². The van der Waals surface area contributed by atoms with Crippen molar-refractivity contribution in [2.75, 3.05) is 13.6 Å². The average Bonchev–Trinajstić information content (AvgIpc) is 2.50. The number of aromatic nitrogens is 2. The van der Waals surface area contributed by atoms with Crippen molar-refractivity contribution < 1.29 is 0 Å². The lowest BCUT2D eigenvalue weighted by Gasteiger charge is -2.02. The zero-order valence-corrected chi connectivity index (χ0v) is 11.4. The second-order valence-electron chi connectivity index (χ2n) is 3.75. The summed E-state index contributed by atoms with van der Waals surface area (Å²) in [5, 5.41) is 7.65. The van der Waals surface area contributed by atoms with Crippen molar-refractivity contribution in [3.63, 3.8) is 0 Å². The third kappa shape index (κ3) is 3.31. The molecule has 1 aromatic rings. The second-order valence-corrected chi connectivity index (χ2v) is 4.54. The molecule has 86 valence electrons. The molecule has 1 heterocycles. The average molecular weight is 274 g/mol. The van der Waals surface area contributed by atoms with E-state index in [0.717, 1.165) is 19.4 Å². The van der Waals surface area contributed by atoms with Crippen LogP contribution in [0.15, 0.2) is 4.47 Å². The number of nitrogens with zero attached hydrogens (tertiary/aromatic N) is 2. The Balaban J connectivity index is 2.56. The van der Waals surface area contributed by atoms with E-state index >= 15 is 0 Å². The third-order valence-electron chi connectivity index (χ3n) is 2.59. The third-order valence-corrected chi connectivity index (χ3v) is 3.51. The van der Waals surface area contributed by atoms with Gasteiger partial charge in [-0.3, -0.25) is 4.68 Å². The molecule has 1 aromatic heterocycles. The Labute approximate surface area is 100 Å². The van der Waals surface area contributed by atoms with Crippen LogP contribution < -0.4 is 5.32 Å². The van der Waals surface area contributed by atoms with E-state index < -0.39 is 0 Å². The predicted octanol–water partition coefficient (Wildman–Crippen LogP) is 2.29. The van der Waals surface area contributed by atoms with Gasteiger partial charge in [-0.2, -0.15) is 5.10 Å². The van der Waals surface area contributed by atoms with Crippen LogP contribution in [0.25, 0.3) is 0 Å². The highest BCUT2D eigenvalue weighted by Crippen LogP contribution is 2.22. The molecule has 4 heteroatoms. The first-order chi connectivity index (χ1) is 7.20. The van der Waals surface area contributed by atoms with Crippen molar-refractivity contribution in [3.8, 4) is 0 Å². The minimum atomic E-state index is 0.991. The molecule has 0 saturated heterocycles. The fourth-order valence-electron chi connectivity index (χ4n) is 1.69. The molecular weight excluding hydrogens is 254 g/mol. The molecule has 0 saturated carbocycles. The molecule has 0 bridgehead atoms. The van der Waals surface area contributed by atoms with E-state index in [2.05, 4.69) is 33.3 Å². The molecule has 1 rings (SSSR count). The summed E-state index contributed by atoms with van der Waals surface area (Å²) in [6, 6.07) is 0. The Morgan fingerprint density at radius 1 is 1.40 bits per heavy atom. The molecular formula is C11H20BrN3. The summed E-state index contributed by atoms with van der Waals surface area (Å²) in [4.78, 5) is 0. The van der Waals surface area contributed by atoms with E-state index in [0.29, 0.717) is 0 Å². The van der Waals surface area contributed by atoms with Gasteiger partial charge in [-0.1, -0.05) is 6.92 Å². The number of rotatable bonds is 6. The van der Waals surface area contributed by atoms with Gasteiger partial charge in [0, 0.05) is 7.05 Å². The van der Waals surface area contributed by atoms with E-state index in [1.807, 2.05) is 18.8 Å². The van der Waals surface area contributed by atoms with E-state index in [9.17, 15) is 0 Å². The minimum Gasteiger partial charge on any atom is -0.320 e. The van der Waals surface area contributed by atoms with Crippen LogP contribution in [0.5, 0.6) is 0 Å². The minimum absolute atomic E-state index is 0.991. The molecule has 0 atom stereocenters. The number of aryl methyl sites for hydroxylation is 2. The highest BCUT2D eigenvalue weighted by atomic mass is 79.9. The van der Waals surface area contributed by atoms with Gasteiger partial charge in [-0.15, -0.1) is 0 Å². The number of halogens is 1. The molecule has 0 unspecified atom stereocenters. The topological polar surface area (TPSA) is 29.9 Å². The number of unbranched alkanes of at least 4 members (excludes halogenated alkanes) is 1. The molecule has 0 aliphatic heterocycles. The molecule has 3 nitrogen and oxygen atoms in total. The first-order valence-corrected chi connectivity index (χ1v) is 6.34. The van der Waals surface area contributed by atoms with Crippen molar-refractivity contribution >= 4 is 15.9 Å². The molecule has 15 heavy (non-hydrogen) atoms. The van der Waals surface area contributed by atoms with Gasteiger partial charge in [0.05, 0.1) is 15.9 Å². The molecule has 1 N–H and O–H groups in total. The Bertz CT molecular complexity index is 307. The highest BCUT2D eigenvalue weighted by molar-refractivity contribution is 9.10. The summed E-state index contributed by atoms with van der Waals surface area (Å²) in [5.74, 6) is 0. The summed E-state index contributed by atoms with van der Waals surface area (Å²) >= 11 is 3.63. The smallest absolute Gasteiger partial charge is 0.0766 e. The predicted molar refractivity (Wildman–Crippen MR) is 67.2 cm³/mol. The zero-order chi connectivity index (χ0) is 11.3. The van der Waals surface area contributed by atoms with Crippen molar-refractivity contribution in [3.05, 3.63) is 15.9 Å². The normalized spacial score (nSPS) is 10.9. The first-order valence-electron chi connectivity index (χ1n) is 5.55. The lowest BCUT2D eigenvalue weighted by molar-refractivity contribution is 0.634. The van der Waals surface area contributed by atoms with E-state index in [-0.39, 0.29) is 0 Å². The van der Waals surface area contributed by atoms with Crippen molar-refractivity contribution in [1.29, 1.82) is 0 Å². The maximum Gasteiger partial charge on any atom is 0.0766 e. The molecule has 0 amide bonds. The molecule has 0 radical (unpaired) electrons. The molecule has 0 aliphatic rings. The van der Waals surface area contributed by atoms with Crippen LogP contribution in [0, 0.1) is 0 Å². The largest absolute Gasteiger partial charge is 0.320 e. The fourth-order valence-corrected chi connectivity index (χ4v) is 2.50. The Hall–Kier alpha value is -0.350. The number of hydrogen-bond donors (Lipinski definition) is 1. The van der Waals surface area contributed by atoms with Crippen LogP contribution in [0.1, 0.15) is 31.2 Å². The van der Waals surface area contributed by atoms with Crippen LogP contribution in [-0.2, 0) is 19.9 Å². The SMILES string of the molecule is CCc1nn(C)c(CCCCNC)c1Br. The van der Waals surface area contributed by atoms with Crippen molar-refractivity contribution in [2.24, 2.45) is 7.05 Å². The number of nitrogens with one attached hydrogen (secondary N) is 1. The standard InChI is InChI=1S/C11H20BrN3/c1-4-9-11(12)10(15(3)14-9)7-5-6-8-13-2/h13H,4-8H2,1-3H3. The van der Waals surface area contributed by atoms with Crippen molar-refractivity contribution in [2.45, 2.75) is 32.6 Å². The Morgan fingerprint density at radius 2 is 2.13 bits per heavy atom. The maximum absolute atomic E-state index is 4.48. The lowest BCUT2D eigenvalue weighted by Crippen LogP contribution is -2.08. The second kappa shape index (κ2) is 6.28. The summed E-state index contributed by atoms with van der Waals surface area (Å²) in [6.45, 7) is 3.23. The van der Waals surface area contributed by atoms with Crippen LogP contribution in [0.3, 0.4) is 0 Å². The van der Waals surface area contributed by atoms with Crippen LogP contribution in [-0.4, -0.2) is 23.4 Å². The fraction of sp³-hybridized carbons (Fsp3) is 0.727. The Kier molecular flexibility index (Phi) is 5.32. The van der Waals surface area contributed by atoms with Crippen LogP contribution >= 0.6 is 15.9 Å². The number of hydrogen-bond acceptors (Lipinski definition) is 2. The quantitative estimate of drug-likeness (QED) is 0.807.